The Balaban J connectivity index is 1.79. The lowest BCUT2D eigenvalue weighted by Crippen LogP contribution is -2.15. The van der Waals surface area contributed by atoms with Crippen molar-refractivity contribution in [1.29, 1.82) is 0 Å². The zero-order valence-electron chi connectivity index (χ0n) is 14.0. The van der Waals surface area contributed by atoms with Crippen LogP contribution < -0.4 is 10.6 Å². The van der Waals surface area contributed by atoms with Crippen molar-refractivity contribution in [2.75, 3.05) is 10.6 Å². The van der Waals surface area contributed by atoms with Crippen LogP contribution in [-0.4, -0.2) is 16.8 Å². The predicted molar refractivity (Wildman–Crippen MR) is 103 cm³/mol. The molecule has 0 atom stereocenters. The fraction of sp³-hybridized carbons (Fsp3) is 0.0500. The van der Waals surface area contributed by atoms with Crippen LogP contribution in [0.4, 0.5) is 11.4 Å². The Morgan fingerprint density at radius 3 is 2.46 bits per heavy atom. The average molecular weight is 366 g/mol. The summed E-state index contributed by atoms with van der Waals surface area (Å²) in [6, 6.07) is 15.5. The second kappa shape index (κ2) is 7.80. The van der Waals surface area contributed by atoms with Gasteiger partial charge in [-0.25, -0.2) is 0 Å². The topological polar surface area (TPSA) is 71.1 Å². The molecule has 2 amide bonds. The molecule has 1 aromatic heterocycles. The van der Waals surface area contributed by atoms with Gasteiger partial charge in [0.15, 0.2) is 0 Å². The number of halogens is 1. The van der Waals surface area contributed by atoms with Gasteiger partial charge in [-0.05, 0) is 49.4 Å². The van der Waals surface area contributed by atoms with Crippen LogP contribution in [0.15, 0.2) is 67.0 Å². The molecule has 0 spiro atoms. The molecule has 1 heterocycles. The van der Waals surface area contributed by atoms with E-state index in [9.17, 15) is 9.59 Å². The maximum atomic E-state index is 12.5. The minimum Gasteiger partial charge on any atom is -0.322 e. The van der Waals surface area contributed by atoms with Crippen LogP contribution in [0.1, 0.15) is 26.3 Å². The van der Waals surface area contributed by atoms with Crippen LogP contribution in [0.5, 0.6) is 0 Å². The van der Waals surface area contributed by atoms with Crippen LogP contribution in [0, 0.1) is 6.92 Å². The van der Waals surface area contributed by atoms with E-state index in [1.165, 1.54) is 6.20 Å². The van der Waals surface area contributed by atoms with E-state index in [1.807, 2.05) is 19.1 Å². The van der Waals surface area contributed by atoms with Crippen molar-refractivity contribution in [3.63, 3.8) is 0 Å². The van der Waals surface area contributed by atoms with Gasteiger partial charge in [0.05, 0.1) is 22.5 Å². The highest BCUT2D eigenvalue weighted by atomic mass is 35.5. The number of anilines is 2. The number of aromatic nitrogens is 1. The number of aryl methyl sites for hydroxylation is 1. The lowest BCUT2D eigenvalue weighted by atomic mass is 10.1. The van der Waals surface area contributed by atoms with E-state index in [0.717, 1.165) is 5.56 Å². The smallest absolute Gasteiger partial charge is 0.257 e. The van der Waals surface area contributed by atoms with E-state index in [2.05, 4.69) is 15.6 Å². The van der Waals surface area contributed by atoms with Crippen molar-refractivity contribution in [2.45, 2.75) is 6.92 Å². The highest BCUT2D eigenvalue weighted by Crippen LogP contribution is 2.22. The molecule has 26 heavy (non-hydrogen) atoms. The van der Waals surface area contributed by atoms with Gasteiger partial charge in [-0.1, -0.05) is 29.3 Å². The molecular weight excluding hydrogens is 350 g/mol. The molecule has 0 aliphatic rings. The molecule has 0 saturated carbocycles. The maximum absolute atomic E-state index is 12.5. The van der Waals surface area contributed by atoms with Crippen LogP contribution in [-0.2, 0) is 0 Å². The van der Waals surface area contributed by atoms with Gasteiger partial charge in [-0.15, -0.1) is 0 Å². The van der Waals surface area contributed by atoms with Gasteiger partial charge in [-0.3, -0.25) is 14.6 Å². The Labute approximate surface area is 156 Å². The molecule has 0 radical (unpaired) electrons. The van der Waals surface area contributed by atoms with E-state index in [4.69, 9.17) is 11.6 Å². The minimum atomic E-state index is -0.380. The number of hydrogen-bond donors (Lipinski definition) is 2. The molecule has 0 aliphatic carbocycles. The fourth-order valence-corrected chi connectivity index (χ4v) is 2.61. The first-order valence-electron chi connectivity index (χ1n) is 7.92. The van der Waals surface area contributed by atoms with Crippen molar-refractivity contribution in [3.8, 4) is 0 Å². The number of benzene rings is 2. The number of nitrogens with zero attached hydrogens (tertiary/aromatic N) is 1. The van der Waals surface area contributed by atoms with E-state index < -0.39 is 0 Å². The van der Waals surface area contributed by atoms with Crippen LogP contribution in [0.3, 0.4) is 0 Å². The first kappa shape index (κ1) is 17.6. The molecule has 0 fully saturated rings. The summed E-state index contributed by atoms with van der Waals surface area (Å²) in [4.78, 5) is 28.8. The summed E-state index contributed by atoms with van der Waals surface area (Å²) in [5.74, 6) is -0.635. The zero-order valence-corrected chi connectivity index (χ0v) is 14.7. The molecule has 0 bridgehead atoms. The summed E-state index contributed by atoms with van der Waals surface area (Å²) in [5.41, 5.74) is 2.84. The van der Waals surface area contributed by atoms with E-state index in [1.54, 1.807) is 48.7 Å². The molecule has 3 rings (SSSR count). The maximum Gasteiger partial charge on any atom is 0.257 e. The molecule has 0 saturated heterocycles. The number of amides is 2. The number of carbonyl (C=O) groups excluding carboxylic acids is 2. The normalized spacial score (nSPS) is 10.2. The molecule has 0 unspecified atom stereocenters. The third kappa shape index (κ3) is 4.26. The molecule has 2 N–H and O–H groups in total. The van der Waals surface area contributed by atoms with Crippen LogP contribution in [0.2, 0.25) is 5.02 Å². The Kier molecular flexibility index (Phi) is 5.29. The average Bonchev–Trinajstić information content (AvgIpc) is 2.64. The molecule has 0 aliphatic heterocycles. The van der Waals surface area contributed by atoms with Crippen molar-refractivity contribution >= 4 is 34.8 Å². The second-order valence-electron chi connectivity index (χ2n) is 5.71. The summed E-state index contributed by atoms with van der Waals surface area (Å²) < 4.78 is 0. The zero-order chi connectivity index (χ0) is 18.5. The first-order chi connectivity index (χ1) is 12.5. The monoisotopic (exact) mass is 365 g/mol. The van der Waals surface area contributed by atoms with Crippen LogP contribution >= 0.6 is 11.6 Å². The standard InChI is InChI=1S/C20H16ClN3O2/c1-13-4-2-5-14(10-13)19(25)23-15-7-8-18(21)17(11-15)20(26)24-16-6-3-9-22-12-16/h2-12H,1H3,(H,23,25)(H,24,26). The number of pyridine rings is 1. The Hall–Kier alpha value is -3.18. The number of rotatable bonds is 4. The van der Waals surface area contributed by atoms with E-state index in [-0.39, 0.29) is 17.4 Å². The highest BCUT2D eigenvalue weighted by molar-refractivity contribution is 6.34. The van der Waals surface area contributed by atoms with Gasteiger partial charge in [0.1, 0.15) is 0 Å². The van der Waals surface area contributed by atoms with Gasteiger partial charge >= 0.3 is 0 Å². The van der Waals surface area contributed by atoms with E-state index in [0.29, 0.717) is 22.0 Å². The van der Waals surface area contributed by atoms with Gasteiger partial charge in [0.25, 0.3) is 11.8 Å². The van der Waals surface area contributed by atoms with Crippen molar-refractivity contribution in [1.82, 2.24) is 4.98 Å². The van der Waals surface area contributed by atoms with Gasteiger partial charge in [-0.2, -0.15) is 0 Å². The molecule has 130 valence electrons. The van der Waals surface area contributed by atoms with Gasteiger partial charge in [0, 0.05) is 17.4 Å². The van der Waals surface area contributed by atoms with E-state index >= 15 is 0 Å². The Morgan fingerprint density at radius 2 is 1.73 bits per heavy atom. The summed E-state index contributed by atoms with van der Waals surface area (Å²) >= 11 is 6.14. The summed E-state index contributed by atoms with van der Waals surface area (Å²) in [5, 5.41) is 5.79. The van der Waals surface area contributed by atoms with Gasteiger partial charge < -0.3 is 10.6 Å². The number of carbonyl (C=O) groups is 2. The largest absolute Gasteiger partial charge is 0.322 e. The lowest BCUT2D eigenvalue weighted by Gasteiger charge is -2.10. The first-order valence-corrected chi connectivity index (χ1v) is 8.30. The van der Waals surface area contributed by atoms with Crippen molar-refractivity contribution in [2.24, 2.45) is 0 Å². The second-order valence-corrected chi connectivity index (χ2v) is 6.12. The van der Waals surface area contributed by atoms with Crippen molar-refractivity contribution < 1.29 is 9.59 Å². The van der Waals surface area contributed by atoms with Gasteiger partial charge in [0.2, 0.25) is 0 Å². The third-order valence-electron chi connectivity index (χ3n) is 3.67. The molecular formula is C20H16ClN3O2. The predicted octanol–water partition coefficient (Wildman–Crippen LogP) is 4.55. The SMILES string of the molecule is Cc1cccc(C(=O)Nc2ccc(Cl)c(C(=O)Nc3cccnc3)c2)c1. The lowest BCUT2D eigenvalue weighted by molar-refractivity contribution is 0.101. The number of hydrogen-bond acceptors (Lipinski definition) is 3. The molecule has 3 aromatic rings. The fourth-order valence-electron chi connectivity index (χ4n) is 2.40. The van der Waals surface area contributed by atoms with Crippen LogP contribution in [0.25, 0.3) is 0 Å². The molecule has 5 nitrogen and oxygen atoms in total. The van der Waals surface area contributed by atoms with Crippen molar-refractivity contribution in [3.05, 3.63) is 88.7 Å². The quantitative estimate of drug-likeness (QED) is 0.712. The molecule has 6 heteroatoms. The highest BCUT2D eigenvalue weighted by Gasteiger charge is 2.13. The third-order valence-corrected chi connectivity index (χ3v) is 4.00. The summed E-state index contributed by atoms with van der Waals surface area (Å²) in [6.45, 7) is 1.92. The summed E-state index contributed by atoms with van der Waals surface area (Å²) in [7, 11) is 0. The Morgan fingerprint density at radius 1 is 0.923 bits per heavy atom. The Bertz CT molecular complexity index is 958. The minimum absolute atomic E-state index is 0.255. The summed E-state index contributed by atoms with van der Waals surface area (Å²) in [6.07, 6.45) is 3.15. The molecule has 2 aromatic carbocycles. The number of nitrogens with one attached hydrogen (secondary N) is 2.